The number of carbonyl (C=O) groups excluding carboxylic acids is 1. The largest absolute Gasteiger partial charge is 0.465 e. The van der Waals surface area contributed by atoms with E-state index in [-0.39, 0.29) is 19.0 Å². The first-order chi connectivity index (χ1) is 17.1. The van der Waals surface area contributed by atoms with Crippen LogP contribution in [-0.2, 0) is 28.1 Å². The summed E-state index contributed by atoms with van der Waals surface area (Å²) in [7, 11) is -4.22. The van der Waals surface area contributed by atoms with Crippen LogP contribution in [0.2, 0.25) is 0 Å². The molecular formula is C22H29FN3O9P. The quantitative estimate of drug-likeness (QED) is 0.239. The summed E-state index contributed by atoms with van der Waals surface area (Å²) in [4.78, 5) is 38.1. The van der Waals surface area contributed by atoms with Crippen LogP contribution in [-0.4, -0.2) is 47.7 Å². The van der Waals surface area contributed by atoms with Crippen LogP contribution >= 0.6 is 7.75 Å². The molecule has 3 rings (SSSR count). The molecule has 0 amide bonds. The molecule has 0 saturated carbocycles. The van der Waals surface area contributed by atoms with E-state index in [0.717, 1.165) is 23.1 Å². The third kappa shape index (κ3) is 7.58. The number of halogens is 1. The van der Waals surface area contributed by atoms with Gasteiger partial charge in [0, 0.05) is 11.8 Å². The summed E-state index contributed by atoms with van der Waals surface area (Å²) < 4.78 is 55.1. The fraction of sp³-hybridized carbons (Fsp3) is 0.500. The molecule has 2 unspecified atom stereocenters. The van der Waals surface area contributed by atoms with Gasteiger partial charge in [0.25, 0.3) is 5.56 Å². The maximum Gasteiger partial charge on any atom is 0.459 e. The molecule has 2 N–H and O–H groups in total. The van der Waals surface area contributed by atoms with E-state index in [4.69, 9.17) is 23.3 Å². The van der Waals surface area contributed by atoms with Crippen LogP contribution in [0.5, 0.6) is 5.75 Å². The highest BCUT2D eigenvalue weighted by Gasteiger charge is 2.36. The molecule has 198 valence electrons. The van der Waals surface area contributed by atoms with Crippen LogP contribution in [0.4, 0.5) is 4.39 Å². The molecule has 0 radical (unpaired) electrons. The lowest BCUT2D eigenvalue weighted by Gasteiger charge is -2.24. The maximum absolute atomic E-state index is 13.5. The monoisotopic (exact) mass is 529 g/mol. The van der Waals surface area contributed by atoms with Crippen LogP contribution in [0.25, 0.3) is 0 Å². The minimum atomic E-state index is -4.22. The number of hydrogen-bond donors (Lipinski definition) is 2. The number of aromatic nitrogens is 2. The summed E-state index contributed by atoms with van der Waals surface area (Å²) in [5.74, 6) is -1.15. The molecule has 1 aliphatic rings. The van der Waals surface area contributed by atoms with E-state index >= 15 is 0 Å². The van der Waals surface area contributed by atoms with Gasteiger partial charge < -0.3 is 18.7 Å². The van der Waals surface area contributed by atoms with Crippen molar-refractivity contribution in [2.45, 2.75) is 52.2 Å². The highest BCUT2D eigenvalue weighted by atomic mass is 31.2. The molecule has 1 aromatic carbocycles. The molecule has 1 aliphatic heterocycles. The number of rotatable bonds is 12. The molecule has 36 heavy (non-hydrogen) atoms. The first kappa shape index (κ1) is 27.8. The summed E-state index contributed by atoms with van der Waals surface area (Å²) >= 11 is 0. The average molecular weight is 529 g/mol. The number of aryl methyl sites for hydroxylation is 1. The van der Waals surface area contributed by atoms with E-state index in [1.54, 1.807) is 0 Å². The Bertz CT molecular complexity index is 1200. The van der Waals surface area contributed by atoms with Crippen LogP contribution < -0.4 is 20.9 Å². The van der Waals surface area contributed by atoms with Gasteiger partial charge in [-0.15, -0.1) is 0 Å². The molecule has 1 fully saturated rings. The molecule has 1 aromatic heterocycles. The number of nitrogens with zero attached hydrogens (tertiary/aromatic N) is 1. The van der Waals surface area contributed by atoms with Crippen molar-refractivity contribution < 1.29 is 37.0 Å². The third-order valence-electron chi connectivity index (χ3n) is 5.06. The van der Waals surface area contributed by atoms with Crippen LogP contribution in [0.15, 0.2) is 40.1 Å². The zero-order valence-electron chi connectivity index (χ0n) is 20.1. The summed E-state index contributed by atoms with van der Waals surface area (Å²) in [5, 5.41) is 2.51. The molecule has 4 atom stereocenters. The van der Waals surface area contributed by atoms with Gasteiger partial charge in [0.05, 0.1) is 13.2 Å². The number of carbonyl (C=O) groups is 1. The highest BCUT2D eigenvalue weighted by molar-refractivity contribution is 7.52. The van der Waals surface area contributed by atoms with Crippen LogP contribution in [0.3, 0.4) is 0 Å². The fourth-order valence-electron chi connectivity index (χ4n) is 3.09. The molecule has 14 heteroatoms. The standard InChI is InChI=1S/C22H29FN3O9P/c1-4-5-10-31-21(28)15(3)25-36(30,35-17-8-6-16(23)7-9-17)33-13-19-32-12-18(34-19)26-11-14(2)20(27)24-22(26)29/h6-9,11,15,18-19H,4-5,10,12-13H2,1-3H3,(H,25,30)(H,24,27,29)/t15?,18-,19-,36?/m1/s1. The first-order valence-electron chi connectivity index (χ1n) is 11.3. The number of H-pyrrole nitrogens is 1. The summed E-state index contributed by atoms with van der Waals surface area (Å²) in [6.07, 6.45) is 0.937. The van der Waals surface area contributed by atoms with Gasteiger partial charge in [0.15, 0.2) is 12.5 Å². The molecule has 2 heterocycles. The van der Waals surface area contributed by atoms with Gasteiger partial charge in [0.1, 0.15) is 24.2 Å². The lowest BCUT2D eigenvalue weighted by molar-refractivity contribution is -0.145. The Balaban J connectivity index is 1.68. The number of ether oxygens (including phenoxy) is 3. The minimum absolute atomic E-state index is 0.0280. The van der Waals surface area contributed by atoms with Crippen molar-refractivity contribution in [2.24, 2.45) is 0 Å². The molecular weight excluding hydrogens is 500 g/mol. The predicted octanol–water partition coefficient (Wildman–Crippen LogP) is 2.38. The molecule has 1 saturated heterocycles. The van der Waals surface area contributed by atoms with Gasteiger partial charge in [0.2, 0.25) is 0 Å². The van der Waals surface area contributed by atoms with Gasteiger partial charge in [-0.05, 0) is 44.5 Å². The second-order valence-corrected chi connectivity index (χ2v) is 9.74. The molecule has 12 nitrogen and oxygen atoms in total. The SMILES string of the molecule is CCCCOC(=O)C(C)NP(=O)(OC[C@@H]1OC[C@H](n2cc(C)c(=O)[nH]c2=O)O1)Oc1ccc(F)cc1. The number of benzene rings is 1. The molecule has 2 aromatic rings. The lowest BCUT2D eigenvalue weighted by Crippen LogP contribution is -2.36. The molecule has 0 spiro atoms. The Hall–Kier alpha value is -2.83. The number of esters is 1. The maximum atomic E-state index is 13.5. The van der Waals surface area contributed by atoms with E-state index in [9.17, 15) is 23.3 Å². The Morgan fingerprint density at radius 1 is 1.33 bits per heavy atom. The highest BCUT2D eigenvalue weighted by Crippen LogP contribution is 2.45. The molecule has 0 aliphatic carbocycles. The topological polar surface area (TPSA) is 147 Å². The van der Waals surface area contributed by atoms with E-state index in [1.165, 1.54) is 32.2 Å². The van der Waals surface area contributed by atoms with Crippen molar-refractivity contribution in [3.8, 4) is 5.75 Å². The summed E-state index contributed by atoms with van der Waals surface area (Å²) in [6, 6.07) is 3.66. The predicted molar refractivity (Wildman–Crippen MR) is 125 cm³/mol. The number of nitrogens with one attached hydrogen (secondary N) is 2. The van der Waals surface area contributed by atoms with Gasteiger partial charge in [-0.2, -0.15) is 5.09 Å². The number of aromatic amines is 1. The van der Waals surface area contributed by atoms with Crippen molar-refractivity contribution in [1.82, 2.24) is 14.6 Å². The Labute approximate surface area is 206 Å². The fourth-order valence-corrected chi connectivity index (χ4v) is 4.57. The average Bonchev–Trinajstić information content (AvgIpc) is 3.30. The number of unbranched alkanes of at least 4 members (excludes halogenated alkanes) is 1. The Morgan fingerprint density at radius 3 is 2.75 bits per heavy atom. The van der Waals surface area contributed by atoms with Crippen molar-refractivity contribution in [2.75, 3.05) is 19.8 Å². The van der Waals surface area contributed by atoms with Gasteiger partial charge >= 0.3 is 19.4 Å². The van der Waals surface area contributed by atoms with E-state index in [1.807, 2.05) is 6.92 Å². The van der Waals surface area contributed by atoms with E-state index < -0.39 is 55.9 Å². The smallest absolute Gasteiger partial charge is 0.459 e. The van der Waals surface area contributed by atoms with Gasteiger partial charge in [-0.3, -0.25) is 23.7 Å². The van der Waals surface area contributed by atoms with Crippen molar-refractivity contribution >= 4 is 13.7 Å². The minimum Gasteiger partial charge on any atom is -0.465 e. The number of hydrogen-bond acceptors (Lipinski definition) is 9. The third-order valence-corrected chi connectivity index (χ3v) is 6.70. The van der Waals surface area contributed by atoms with E-state index in [2.05, 4.69) is 10.1 Å². The van der Waals surface area contributed by atoms with E-state index in [0.29, 0.717) is 12.0 Å². The van der Waals surface area contributed by atoms with Crippen molar-refractivity contribution in [3.63, 3.8) is 0 Å². The van der Waals surface area contributed by atoms with Gasteiger partial charge in [-0.25, -0.2) is 13.8 Å². The Kier molecular flexibility index (Phi) is 9.57. The zero-order chi connectivity index (χ0) is 26.3. The van der Waals surface area contributed by atoms with Crippen LogP contribution in [0, 0.1) is 12.7 Å². The second kappa shape index (κ2) is 12.4. The van der Waals surface area contributed by atoms with Crippen molar-refractivity contribution in [3.05, 3.63) is 62.7 Å². The second-order valence-electron chi connectivity index (χ2n) is 8.04. The Morgan fingerprint density at radius 2 is 2.06 bits per heavy atom. The zero-order valence-corrected chi connectivity index (χ0v) is 21.0. The lowest BCUT2D eigenvalue weighted by atomic mass is 10.3. The first-order valence-corrected chi connectivity index (χ1v) is 12.9. The van der Waals surface area contributed by atoms with Crippen molar-refractivity contribution in [1.29, 1.82) is 0 Å². The normalized spacial score (nSPS) is 20.0. The molecule has 0 bridgehead atoms. The van der Waals surface area contributed by atoms with Crippen LogP contribution in [0.1, 0.15) is 38.5 Å². The summed E-state index contributed by atoms with van der Waals surface area (Å²) in [5.41, 5.74) is -0.885. The van der Waals surface area contributed by atoms with Gasteiger partial charge in [-0.1, -0.05) is 13.3 Å². The summed E-state index contributed by atoms with van der Waals surface area (Å²) in [6.45, 7) is 4.67.